The minimum atomic E-state index is -0.626. The largest absolute Gasteiger partial charge is 0.469 e. The van der Waals surface area contributed by atoms with Gasteiger partial charge < -0.3 is 20.1 Å². The average molecular weight is 314 g/mol. The summed E-state index contributed by atoms with van der Waals surface area (Å²) < 4.78 is 10.4. The highest BCUT2D eigenvalue weighted by Crippen LogP contribution is 2.37. The molecule has 6 heteroatoms. The number of likely N-dealkylation sites (tertiary alicyclic amines) is 1. The second-order valence-electron chi connectivity index (χ2n) is 7.02. The molecule has 1 aliphatic rings. The number of ether oxygens (including phenoxy) is 2. The minimum absolute atomic E-state index is 0.238. The van der Waals surface area contributed by atoms with Crippen LogP contribution in [0.25, 0.3) is 0 Å². The lowest BCUT2D eigenvalue weighted by Gasteiger charge is -2.41. The first-order chi connectivity index (χ1) is 10.2. The number of unbranched alkanes of at least 4 members (excludes halogenated alkanes) is 1. The molecule has 1 fully saturated rings. The maximum Gasteiger partial charge on any atom is 0.410 e. The highest BCUT2D eigenvalue weighted by Gasteiger charge is 2.44. The van der Waals surface area contributed by atoms with Crippen LogP contribution >= 0.6 is 0 Å². The second kappa shape index (κ2) is 7.81. The minimum Gasteiger partial charge on any atom is -0.469 e. The van der Waals surface area contributed by atoms with Crippen molar-refractivity contribution in [2.75, 3.05) is 26.7 Å². The molecule has 1 amide bonds. The summed E-state index contributed by atoms with van der Waals surface area (Å²) >= 11 is 0. The summed E-state index contributed by atoms with van der Waals surface area (Å²) in [5, 5.41) is 0. The van der Waals surface area contributed by atoms with E-state index in [1.807, 2.05) is 20.8 Å². The van der Waals surface area contributed by atoms with Gasteiger partial charge in [-0.3, -0.25) is 4.79 Å². The Morgan fingerprint density at radius 2 is 1.95 bits per heavy atom. The third kappa shape index (κ3) is 5.16. The van der Waals surface area contributed by atoms with Gasteiger partial charge in [0.2, 0.25) is 0 Å². The van der Waals surface area contributed by atoms with Crippen LogP contribution in [-0.4, -0.2) is 49.3 Å². The Kier molecular flexibility index (Phi) is 6.66. The van der Waals surface area contributed by atoms with Gasteiger partial charge in [0.05, 0.1) is 12.5 Å². The molecule has 1 heterocycles. The number of piperidine rings is 1. The summed E-state index contributed by atoms with van der Waals surface area (Å²) in [7, 11) is 1.40. The number of amides is 1. The molecule has 2 N–H and O–H groups in total. The Morgan fingerprint density at radius 1 is 1.27 bits per heavy atom. The van der Waals surface area contributed by atoms with E-state index in [9.17, 15) is 9.59 Å². The number of methoxy groups -OCH3 is 1. The Morgan fingerprint density at radius 3 is 2.50 bits per heavy atom. The van der Waals surface area contributed by atoms with Gasteiger partial charge in [-0.15, -0.1) is 0 Å². The van der Waals surface area contributed by atoms with E-state index in [4.69, 9.17) is 15.2 Å². The molecular formula is C16H30N2O4. The molecule has 22 heavy (non-hydrogen) atoms. The smallest absolute Gasteiger partial charge is 0.410 e. The lowest BCUT2D eigenvalue weighted by atomic mass is 9.76. The molecule has 1 aliphatic heterocycles. The first kappa shape index (κ1) is 18.7. The van der Waals surface area contributed by atoms with E-state index in [-0.39, 0.29) is 12.1 Å². The average Bonchev–Trinajstić information content (AvgIpc) is 2.45. The van der Waals surface area contributed by atoms with Crippen molar-refractivity contribution >= 4 is 12.1 Å². The zero-order valence-corrected chi connectivity index (χ0v) is 14.3. The number of carbonyl (C=O) groups excluding carboxylic acids is 2. The van der Waals surface area contributed by atoms with Gasteiger partial charge in [0.15, 0.2) is 0 Å². The van der Waals surface area contributed by atoms with E-state index in [2.05, 4.69) is 0 Å². The summed E-state index contributed by atoms with van der Waals surface area (Å²) in [6, 6.07) is 0. The molecule has 128 valence electrons. The number of carbonyl (C=O) groups is 2. The number of esters is 1. The van der Waals surface area contributed by atoms with Gasteiger partial charge in [-0.1, -0.05) is 6.42 Å². The highest BCUT2D eigenvalue weighted by molar-refractivity contribution is 5.78. The van der Waals surface area contributed by atoms with Crippen LogP contribution in [0.3, 0.4) is 0 Å². The summed E-state index contributed by atoms with van der Waals surface area (Å²) in [5.74, 6) is -0.238. The van der Waals surface area contributed by atoms with Crippen LogP contribution in [0.15, 0.2) is 0 Å². The zero-order valence-electron chi connectivity index (χ0n) is 14.3. The topological polar surface area (TPSA) is 81.9 Å². The molecule has 1 unspecified atom stereocenters. The van der Waals surface area contributed by atoms with E-state index in [0.717, 1.165) is 25.7 Å². The van der Waals surface area contributed by atoms with Crippen LogP contribution in [0.4, 0.5) is 4.79 Å². The van der Waals surface area contributed by atoms with E-state index in [1.165, 1.54) is 7.11 Å². The number of nitrogens with two attached hydrogens (primary N) is 1. The molecule has 0 aliphatic carbocycles. The van der Waals surface area contributed by atoms with Gasteiger partial charge in [0, 0.05) is 13.1 Å². The summed E-state index contributed by atoms with van der Waals surface area (Å²) in [6.07, 6.45) is 3.56. The van der Waals surface area contributed by atoms with Crippen LogP contribution in [0.1, 0.15) is 52.9 Å². The molecule has 0 aromatic carbocycles. The van der Waals surface area contributed by atoms with Gasteiger partial charge in [-0.05, 0) is 53.0 Å². The van der Waals surface area contributed by atoms with Crippen LogP contribution in [0, 0.1) is 5.41 Å². The fraction of sp³-hybridized carbons (Fsp3) is 0.875. The van der Waals surface area contributed by atoms with E-state index in [1.54, 1.807) is 4.90 Å². The molecule has 1 atom stereocenters. The molecule has 0 spiro atoms. The summed E-state index contributed by atoms with van der Waals surface area (Å²) in [4.78, 5) is 26.2. The lowest BCUT2D eigenvalue weighted by molar-refractivity contribution is -0.156. The predicted molar refractivity (Wildman–Crippen MR) is 84.4 cm³/mol. The van der Waals surface area contributed by atoms with Gasteiger partial charge in [0.25, 0.3) is 0 Å². The van der Waals surface area contributed by atoms with E-state index < -0.39 is 11.0 Å². The van der Waals surface area contributed by atoms with Crippen LogP contribution in [0.2, 0.25) is 0 Å². The predicted octanol–water partition coefficient (Wildman–Crippen LogP) is 2.31. The van der Waals surface area contributed by atoms with E-state index >= 15 is 0 Å². The van der Waals surface area contributed by atoms with Gasteiger partial charge in [0.1, 0.15) is 5.60 Å². The molecule has 1 saturated heterocycles. The molecule has 6 nitrogen and oxygen atoms in total. The molecule has 0 bridgehead atoms. The summed E-state index contributed by atoms with van der Waals surface area (Å²) in [5.41, 5.74) is 4.37. The third-order valence-electron chi connectivity index (χ3n) is 3.96. The number of hydrogen-bond donors (Lipinski definition) is 1. The van der Waals surface area contributed by atoms with Gasteiger partial charge >= 0.3 is 12.1 Å². The second-order valence-corrected chi connectivity index (χ2v) is 7.02. The van der Waals surface area contributed by atoms with Crippen molar-refractivity contribution in [2.45, 2.75) is 58.5 Å². The lowest BCUT2D eigenvalue weighted by Crippen LogP contribution is -2.51. The first-order valence-corrected chi connectivity index (χ1v) is 8.00. The molecule has 0 aromatic rings. The van der Waals surface area contributed by atoms with Crippen LogP contribution < -0.4 is 5.73 Å². The summed E-state index contributed by atoms with van der Waals surface area (Å²) in [6.45, 7) is 7.09. The first-order valence-electron chi connectivity index (χ1n) is 8.00. The Balaban J connectivity index is 2.80. The third-order valence-corrected chi connectivity index (χ3v) is 3.96. The monoisotopic (exact) mass is 314 g/mol. The SMILES string of the molecule is COC(=O)C1(CCCCN)CCCN(C(=O)OC(C)(C)C)C1. The van der Waals surface area contributed by atoms with Crippen molar-refractivity contribution < 1.29 is 19.1 Å². The number of hydrogen-bond acceptors (Lipinski definition) is 5. The van der Waals surface area contributed by atoms with E-state index in [0.29, 0.717) is 26.1 Å². The molecule has 0 radical (unpaired) electrons. The normalized spacial score (nSPS) is 22.3. The van der Waals surface area contributed by atoms with Gasteiger partial charge in [-0.2, -0.15) is 0 Å². The molecule has 0 saturated carbocycles. The number of nitrogens with zero attached hydrogens (tertiary/aromatic N) is 1. The van der Waals surface area contributed by atoms with Crippen molar-refractivity contribution in [1.82, 2.24) is 4.90 Å². The number of rotatable bonds is 5. The Bertz CT molecular complexity index is 392. The fourth-order valence-electron chi connectivity index (χ4n) is 2.91. The van der Waals surface area contributed by atoms with Crippen LogP contribution in [0.5, 0.6) is 0 Å². The quantitative estimate of drug-likeness (QED) is 0.622. The van der Waals surface area contributed by atoms with Crippen LogP contribution in [-0.2, 0) is 14.3 Å². The van der Waals surface area contributed by atoms with Crippen molar-refractivity contribution in [2.24, 2.45) is 11.1 Å². The standard InChI is InChI=1S/C16H30N2O4/c1-15(2,3)22-14(20)18-11-7-9-16(12-18,13(19)21-4)8-5-6-10-17/h5-12,17H2,1-4H3. The molecular weight excluding hydrogens is 284 g/mol. The van der Waals surface area contributed by atoms with Crippen molar-refractivity contribution in [3.05, 3.63) is 0 Å². The fourth-order valence-corrected chi connectivity index (χ4v) is 2.91. The maximum atomic E-state index is 12.3. The molecule has 1 rings (SSSR count). The van der Waals surface area contributed by atoms with Crippen molar-refractivity contribution in [1.29, 1.82) is 0 Å². The van der Waals surface area contributed by atoms with Crippen molar-refractivity contribution in [3.63, 3.8) is 0 Å². The Labute approximate surface area is 133 Å². The van der Waals surface area contributed by atoms with Crippen molar-refractivity contribution in [3.8, 4) is 0 Å². The zero-order chi connectivity index (χ0) is 16.8. The highest BCUT2D eigenvalue weighted by atomic mass is 16.6. The molecule has 0 aromatic heterocycles. The maximum absolute atomic E-state index is 12.3. The van der Waals surface area contributed by atoms with Gasteiger partial charge in [-0.25, -0.2) is 4.79 Å². The Hall–Kier alpha value is -1.30.